The van der Waals surface area contributed by atoms with Gasteiger partial charge in [-0.15, -0.1) is 0 Å². The number of aryl methyl sites for hydroxylation is 2. The Hall–Kier alpha value is -0.410. The highest BCUT2D eigenvalue weighted by molar-refractivity contribution is 7.98. The third-order valence-corrected chi connectivity index (χ3v) is 4.07. The van der Waals surface area contributed by atoms with E-state index in [0.717, 1.165) is 13.0 Å². The lowest BCUT2D eigenvalue weighted by atomic mass is 10.1. The molecule has 1 aromatic rings. The van der Waals surface area contributed by atoms with Crippen LogP contribution >= 0.6 is 11.8 Å². The van der Waals surface area contributed by atoms with Crippen molar-refractivity contribution in [3.8, 4) is 0 Å². The maximum atomic E-state index is 6.20. The van der Waals surface area contributed by atoms with Crippen molar-refractivity contribution in [2.75, 3.05) is 12.0 Å². The van der Waals surface area contributed by atoms with Crippen LogP contribution in [0.25, 0.3) is 0 Å². The molecule has 2 rings (SSSR count). The van der Waals surface area contributed by atoms with Gasteiger partial charge in [-0.05, 0) is 48.8 Å². The summed E-state index contributed by atoms with van der Waals surface area (Å²) >= 11 is 1.92. The first-order valence-electron chi connectivity index (χ1n) is 6.24. The van der Waals surface area contributed by atoms with Crippen molar-refractivity contribution in [3.63, 3.8) is 0 Å². The molecule has 0 aromatic carbocycles. The Balaban J connectivity index is 2.04. The first-order chi connectivity index (χ1) is 7.81. The number of rotatable bonds is 4. The van der Waals surface area contributed by atoms with Crippen LogP contribution in [0.1, 0.15) is 42.9 Å². The molecule has 1 unspecified atom stereocenters. The Kier molecular flexibility index (Phi) is 4.36. The molecule has 0 bridgehead atoms. The van der Waals surface area contributed by atoms with Crippen molar-refractivity contribution in [2.45, 2.75) is 44.7 Å². The monoisotopic (exact) mass is 238 g/mol. The third kappa shape index (κ3) is 2.83. The van der Waals surface area contributed by atoms with Crippen LogP contribution in [0.5, 0.6) is 0 Å². The zero-order chi connectivity index (χ0) is 11.4. The quantitative estimate of drug-likeness (QED) is 0.646. The Morgan fingerprint density at radius 3 is 3.12 bits per heavy atom. The van der Waals surface area contributed by atoms with Gasteiger partial charge in [0.1, 0.15) is 0 Å². The molecule has 0 spiro atoms. The third-order valence-electron chi connectivity index (χ3n) is 3.37. The summed E-state index contributed by atoms with van der Waals surface area (Å²) in [6.07, 6.45) is 13.0. The summed E-state index contributed by atoms with van der Waals surface area (Å²) in [5.74, 6) is 1.24. The largest absolute Gasteiger partial charge is 0.354 e. The Labute approximate surface area is 103 Å². The zero-order valence-corrected chi connectivity index (χ0v) is 10.9. The van der Waals surface area contributed by atoms with E-state index < -0.39 is 0 Å². The fraction of sp³-hybridized carbons (Fsp3) is 0.692. The number of thioether (sulfide) groups is 1. The highest BCUT2D eigenvalue weighted by Gasteiger charge is 2.16. The lowest BCUT2D eigenvalue weighted by molar-refractivity contribution is 0.605. The molecular weight excluding hydrogens is 216 g/mol. The molecule has 1 aromatic heterocycles. The molecule has 90 valence electrons. The fourth-order valence-electron chi connectivity index (χ4n) is 2.47. The molecule has 2 N–H and O–H groups in total. The van der Waals surface area contributed by atoms with Gasteiger partial charge in [0.2, 0.25) is 0 Å². The van der Waals surface area contributed by atoms with E-state index in [1.54, 1.807) is 0 Å². The minimum absolute atomic E-state index is 0.277. The number of hydrogen-bond acceptors (Lipinski definition) is 2. The van der Waals surface area contributed by atoms with Gasteiger partial charge in [0.15, 0.2) is 0 Å². The number of nitrogens with zero attached hydrogens (tertiary/aromatic N) is 1. The SMILES string of the molecule is CSCCCn1cc2c(c1)C(N)CCCC2. The van der Waals surface area contributed by atoms with Gasteiger partial charge in [0, 0.05) is 25.0 Å². The van der Waals surface area contributed by atoms with Crippen molar-refractivity contribution >= 4 is 11.8 Å². The molecule has 1 atom stereocenters. The average Bonchev–Trinajstić information content (AvgIpc) is 2.61. The summed E-state index contributed by atoms with van der Waals surface area (Å²) in [6.45, 7) is 1.14. The number of nitrogens with two attached hydrogens (primary N) is 1. The molecule has 2 nitrogen and oxygen atoms in total. The van der Waals surface area contributed by atoms with Gasteiger partial charge in [-0.25, -0.2) is 0 Å². The summed E-state index contributed by atoms with van der Waals surface area (Å²) in [4.78, 5) is 0. The van der Waals surface area contributed by atoms with Gasteiger partial charge < -0.3 is 10.3 Å². The second-order valence-electron chi connectivity index (χ2n) is 4.68. The highest BCUT2D eigenvalue weighted by Crippen LogP contribution is 2.27. The van der Waals surface area contributed by atoms with Gasteiger partial charge in [-0.2, -0.15) is 11.8 Å². The minimum Gasteiger partial charge on any atom is -0.354 e. The van der Waals surface area contributed by atoms with E-state index in [4.69, 9.17) is 5.73 Å². The van der Waals surface area contributed by atoms with Crippen LogP contribution in [0.4, 0.5) is 0 Å². The zero-order valence-electron chi connectivity index (χ0n) is 10.1. The summed E-state index contributed by atoms with van der Waals surface area (Å²) < 4.78 is 2.34. The van der Waals surface area contributed by atoms with Crippen LogP contribution in [0, 0.1) is 0 Å². The Morgan fingerprint density at radius 1 is 1.44 bits per heavy atom. The first-order valence-corrected chi connectivity index (χ1v) is 7.63. The second kappa shape index (κ2) is 5.78. The van der Waals surface area contributed by atoms with Gasteiger partial charge in [0.25, 0.3) is 0 Å². The Bertz CT molecular complexity index is 333. The van der Waals surface area contributed by atoms with E-state index in [-0.39, 0.29) is 6.04 Å². The van der Waals surface area contributed by atoms with Crippen molar-refractivity contribution in [1.82, 2.24) is 4.57 Å². The van der Waals surface area contributed by atoms with Crippen LogP contribution in [0.3, 0.4) is 0 Å². The maximum Gasteiger partial charge on any atom is 0.0312 e. The molecule has 0 fully saturated rings. The predicted molar refractivity (Wildman–Crippen MR) is 71.9 cm³/mol. The van der Waals surface area contributed by atoms with E-state index in [2.05, 4.69) is 23.2 Å². The van der Waals surface area contributed by atoms with E-state index in [1.165, 1.54) is 42.6 Å². The topological polar surface area (TPSA) is 30.9 Å². The molecule has 1 aliphatic rings. The van der Waals surface area contributed by atoms with Crippen molar-refractivity contribution in [1.29, 1.82) is 0 Å². The molecular formula is C13H22N2S. The molecule has 0 saturated carbocycles. The summed E-state index contributed by atoms with van der Waals surface area (Å²) in [7, 11) is 0. The molecule has 3 heteroatoms. The maximum absolute atomic E-state index is 6.20. The summed E-state index contributed by atoms with van der Waals surface area (Å²) in [5, 5.41) is 0. The first kappa shape index (κ1) is 12.1. The average molecular weight is 238 g/mol. The Morgan fingerprint density at radius 2 is 2.31 bits per heavy atom. The number of fused-ring (bicyclic) bond motifs is 1. The van der Waals surface area contributed by atoms with Gasteiger partial charge >= 0.3 is 0 Å². The lowest BCUT2D eigenvalue weighted by Crippen LogP contribution is -2.09. The van der Waals surface area contributed by atoms with Crippen molar-refractivity contribution in [3.05, 3.63) is 23.5 Å². The fourth-order valence-corrected chi connectivity index (χ4v) is 2.89. The molecule has 0 aliphatic heterocycles. The summed E-state index contributed by atoms with van der Waals surface area (Å²) in [6, 6.07) is 0.277. The molecule has 0 radical (unpaired) electrons. The molecule has 0 saturated heterocycles. The van der Waals surface area contributed by atoms with Crippen LogP contribution in [0.2, 0.25) is 0 Å². The highest BCUT2D eigenvalue weighted by atomic mass is 32.2. The van der Waals surface area contributed by atoms with Crippen molar-refractivity contribution in [2.24, 2.45) is 5.73 Å². The van der Waals surface area contributed by atoms with E-state index in [9.17, 15) is 0 Å². The number of hydrogen-bond donors (Lipinski definition) is 1. The number of aromatic nitrogens is 1. The van der Waals surface area contributed by atoms with E-state index in [1.807, 2.05) is 11.8 Å². The summed E-state index contributed by atoms with van der Waals surface area (Å²) in [5.41, 5.74) is 9.10. The van der Waals surface area contributed by atoms with E-state index >= 15 is 0 Å². The van der Waals surface area contributed by atoms with Gasteiger partial charge in [-0.3, -0.25) is 0 Å². The molecule has 1 aliphatic carbocycles. The molecule has 16 heavy (non-hydrogen) atoms. The van der Waals surface area contributed by atoms with Crippen LogP contribution in [0.15, 0.2) is 12.4 Å². The van der Waals surface area contributed by atoms with Gasteiger partial charge in [0.05, 0.1) is 0 Å². The standard InChI is InChI=1S/C13H22N2S/c1-16-8-4-7-15-9-11-5-2-3-6-13(14)12(11)10-15/h9-10,13H,2-8,14H2,1H3. The van der Waals surface area contributed by atoms with Crippen molar-refractivity contribution < 1.29 is 0 Å². The van der Waals surface area contributed by atoms with Gasteiger partial charge in [-0.1, -0.05) is 6.42 Å². The predicted octanol–water partition coefficient (Wildman–Crippen LogP) is 2.97. The lowest BCUT2D eigenvalue weighted by Gasteiger charge is -2.07. The van der Waals surface area contributed by atoms with E-state index in [0.29, 0.717) is 0 Å². The molecule has 0 amide bonds. The normalized spacial score (nSPS) is 20.5. The molecule has 1 heterocycles. The second-order valence-corrected chi connectivity index (χ2v) is 5.66. The van der Waals surface area contributed by atoms with Crippen LogP contribution < -0.4 is 5.73 Å². The smallest absolute Gasteiger partial charge is 0.0312 e. The van der Waals surface area contributed by atoms with Crippen LogP contribution in [-0.2, 0) is 13.0 Å². The van der Waals surface area contributed by atoms with Crippen LogP contribution in [-0.4, -0.2) is 16.6 Å². The minimum atomic E-state index is 0.277.